The highest BCUT2D eigenvalue weighted by atomic mass is 15.3. The molecule has 142 valence electrons. The molecule has 4 heterocycles. The van der Waals surface area contributed by atoms with Crippen molar-refractivity contribution in [3.8, 4) is 0 Å². The van der Waals surface area contributed by atoms with Gasteiger partial charge in [0.15, 0.2) is 0 Å². The quantitative estimate of drug-likeness (QED) is 0.734. The summed E-state index contributed by atoms with van der Waals surface area (Å²) < 4.78 is 0. The molecule has 2 N–H and O–H groups in total. The largest absolute Gasteiger partial charge is 0.348 e. The third kappa shape index (κ3) is 2.62. The zero-order valence-electron chi connectivity index (χ0n) is 16.5. The summed E-state index contributed by atoms with van der Waals surface area (Å²) in [7, 11) is 2.22. The van der Waals surface area contributed by atoms with Crippen LogP contribution in [0.5, 0.6) is 0 Å². The number of nitrogens with one attached hydrogen (secondary N) is 2. The van der Waals surface area contributed by atoms with E-state index in [1.165, 1.54) is 22.5 Å². The molecule has 2 aliphatic heterocycles. The van der Waals surface area contributed by atoms with E-state index >= 15 is 0 Å². The molecule has 2 aromatic heterocycles. The molecule has 0 aliphatic carbocycles. The number of aromatic nitrogens is 4. The monoisotopic (exact) mass is 364 g/mol. The molecule has 3 aromatic rings. The van der Waals surface area contributed by atoms with Crippen LogP contribution in [0.25, 0.3) is 11.0 Å². The van der Waals surface area contributed by atoms with Gasteiger partial charge in [-0.3, -0.25) is 4.90 Å². The number of likely N-dealkylation sites (tertiary alicyclic amines) is 1. The number of benzene rings is 1. The Kier molecular flexibility index (Phi) is 3.88. The Morgan fingerprint density at radius 3 is 2.78 bits per heavy atom. The Bertz CT molecular complexity index is 976. The second-order valence-electron chi connectivity index (χ2n) is 8.32. The van der Waals surface area contributed by atoms with Gasteiger partial charge in [-0.25, -0.2) is 9.97 Å². The number of rotatable bonds is 2. The van der Waals surface area contributed by atoms with Gasteiger partial charge in [0.1, 0.15) is 5.82 Å². The van der Waals surface area contributed by atoms with Crippen molar-refractivity contribution in [1.29, 1.82) is 0 Å². The number of hydrogen-bond acceptors (Lipinski definition) is 4. The lowest BCUT2D eigenvalue weighted by atomic mass is 9.79. The first kappa shape index (κ1) is 17.0. The van der Waals surface area contributed by atoms with Gasteiger partial charge in [0.2, 0.25) is 0 Å². The van der Waals surface area contributed by atoms with Gasteiger partial charge in [0, 0.05) is 18.7 Å². The highest BCUT2D eigenvalue weighted by Crippen LogP contribution is 2.42. The number of H-pyrrole nitrogens is 2. The molecule has 0 saturated carbocycles. The molecule has 0 radical (unpaired) electrons. The standard InChI is InChI=1S/C21H28N6/c1-14-4-5-16-19(15(14)2)25-18(24-16)12-27-9-6-17-20(23-13-22-17)21(27)7-10-26(3)11-8-21/h4-5,13H,6-12H2,1-3H3,(H,22,23)(H,24,25). The first-order valence-corrected chi connectivity index (χ1v) is 9.98. The van der Waals surface area contributed by atoms with Gasteiger partial charge in [0.05, 0.1) is 35.1 Å². The summed E-state index contributed by atoms with van der Waals surface area (Å²) in [5.41, 5.74) is 7.45. The first-order chi connectivity index (χ1) is 13.1. The maximum Gasteiger partial charge on any atom is 0.121 e. The third-order valence-corrected chi connectivity index (χ3v) is 6.78. The normalized spacial score (nSPS) is 20.4. The molecule has 0 bridgehead atoms. The van der Waals surface area contributed by atoms with E-state index in [-0.39, 0.29) is 5.54 Å². The fourth-order valence-corrected chi connectivity index (χ4v) is 4.92. The lowest BCUT2D eigenvalue weighted by Crippen LogP contribution is -2.55. The minimum atomic E-state index is 0.0318. The predicted octanol–water partition coefficient (Wildman–Crippen LogP) is 2.88. The van der Waals surface area contributed by atoms with Gasteiger partial charge < -0.3 is 14.9 Å². The van der Waals surface area contributed by atoms with Gasteiger partial charge >= 0.3 is 0 Å². The van der Waals surface area contributed by atoms with Crippen molar-refractivity contribution in [2.24, 2.45) is 0 Å². The summed E-state index contributed by atoms with van der Waals surface area (Å²) >= 11 is 0. The molecule has 0 amide bonds. The van der Waals surface area contributed by atoms with E-state index in [1.807, 2.05) is 6.33 Å². The second-order valence-corrected chi connectivity index (χ2v) is 8.32. The molecule has 1 fully saturated rings. The summed E-state index contributed by atoms with van der Waals surface area (Å²) in [5.74, 6) is 1.07. The molecule has 27 heavy (non-hydrogen) atoms. The summed E-state index contributed by atoms with van der Waals surface area (Å²) in [4.78, 5) is 21.8. The highest BCUT2D eigenvalue weighted by Gasteiger charge is 2.46. The summed E-state index contributed by atoms with van der Waals surface area (Å²) in [5, 5.41) is 0. The van der Waals surface area contributed by atoms with Gasteiger partial charge in [-0.05, 0) is 64.0 Å². The van der Waals surface area contributed by atoms with E-state index < -0.39 is 0 Å². The average Bonchev–Trinajstić information content (AvgIpc) is 3.30. The van der Waals surface area contributed by atoms with Crippen molar-refractivity contribution in [2.45, 2.75) is 45.2 Å². The van der Waals surface area contributed by atoms with E-state index in [0.717, 1.165) is 62.3 Å². The van der Waals surface area contributed by atoms with Crippen LogP contribution in [0, 0.1) is 13.8 Å². The number of imidazole rings is 2. The van der Waals surface area contributed by atoms with Crippen LogP contribution >= 0.6 is 0 Å². The van der Waals surface area contributed by atoms with E-state index in [1.54, 1.807) is 0 Å². The lowest BCUT2D eigenvalue weighted by molar-refractivity contribution is 0.00403. The lowest BCUT2D eigenvalue weighted by Gasteiger charge is -2.49. The minimum Gasteiger partial charge on any atom is -0.348 e. The van der Waals surface area contributed by atoms with Crippen LogP contribution in [0.3, 0.4) is 0 Å². The molecule has 6 nitrogen and oxygen atoms in total. The second kappa shape index (κ2) is 6.17. The van der Waals surface area contributed by atoms with Gasteiger partial charge in [-0.1, -0.05) is 6.07 Å². The maximum absolute atomic E-state index is 4.97. The van der Waals surface area contributed by atoms with Crippen LogP contribution in [0.4, 0.5) is 0 Å². The summed E-state index contributed by atoms with van der Waals surface area (Å²) in [6, 6.07) is 4.33. The van der Waals surface area contributed by atoms with Crippen LogP contribution in [-0.2, 0) is 18.5 Å². The molecule has 2 aliphatic rings. The fraction of sp³-hybridized carbons (Fsp3) is 0.524. The molecule has 6 heteroatoms. The van der Waals surface area contributed by atoms with Crippen LogP contribution < -0.4 is 0 Å². The molecular formula is C21H28N6. The third-order valence-electron chi connectivity index (χ3n) is 6.78. The predicted molar refractivity (Wildman–Crippen MR) is 107 cm³/mol. The first-order valence-electron chi connectivity index (χ1n) is 9.98. The van der Waals surface area contributed by atoms with Crippen molar-refractivity contribution >= 4 is 11.0 Å². The fourth-order valence-electron chi connectivity index (χ4n) is 4.92. The summed E-state index contributed by atoms with van der Waals surface area (Å²) in [6.45, 7) is 8.44. The topological polar surface area (TPSA) is 63.8 Å². The van der Waals surface area contributed by atoms with E-state index in [9.17, 15) is 0 Å². The molecular weight excluding hydrogens is 336 g/mol. The number of hydrogen-bond donors (Lipinski definition) is 2. The van der Waals surface area contributed by atoms with E-state index in [0.29, 0.717) is 0 Å². The van der Waals surface area contributed by atoms with Crippen LogP contribution in [0.15, 0.2) is 18.5 Å². The highest BCUT2D eigenvalue weighted by molar-refractivity contribution is 5.79. The Labute approximate surface area is 160 Å². The SMILES string of the molecule is Cc1ccc2[nH]c(CN3CCc4[nH]cnc4C34CCN(C)CC4)nc2c1C. The zero-order chi connectivity index (χ0) is 18.6. The molecule has 1 aromatic carbocycles. The van der Waals surface area contributed by atoms with Gasteiger partial charge in [0.25, 0.3) is 0 Å². The molecule has 0 atom stereocenters. The van der Waals surface area contributed by atoms with Crippen molar-refractivity contribution in [2.75, 3.05) is 26.7 Å². The van der Waals surface area contributed by atoms with Crippen LogP contribution in [0.2, 0.25) is 0 Å². The van der Waals surface area contributed by atoms with Crippen LogP contribution in [-0.4, -0.2) is 56.4 Å². The Balaban J connectivity index is 1.51. The smallest absolute Gasteiger partial charge is 0.121 e. The Morgan fingerprint density at radius 2 is 1.96 bits per heavy atom. The minimum absolute atomic E-state index is 0.0318. The Hall–Kier alpha value is -2.18. The Morgan fingerprint density at radius 1 is 1.15 bits per heavy atom. The maximum atomic E-state index is 4.97. The molecule has 5 rings (SSSR count). The zero-order valence-corrected chi connectivity index (χ0v) is 16.5. The van der Waals surface area contributed by atoms with Crippen molar-refractivity contribution in [1.82, 2.24) is 29.7 Å². The number of nitrogens with zero attached hydrogens (tertiary/aromatic N) is 4. The van der Waals surface area contributed by atoms with Gasteiger partial charge in [-0.2, -0.15) is 0 Å². The van der Waals surface area contributed by atoms with Crippen molar-refractivity contribution in [3.63, 3.8) is 0 Å². The molecule has 1 saturated heterocycles. The van der Waals surface area contributed by atoms with Gasteiger partial charge in [-0.15, -0.1) is 0 Å². The van der Waals surface area contributed by atoms with Crippen LogP contribution in [0.1, 0.15) is 41.2 Å². The number of aromatic amines is 2. The van der Waals surface area contributed by atoms with E-state index in [4.69, 9.17) is 9.97 Å². The van der Waals surface area contributed by atoms with E-state index in [2.05, 4.69) is 52.8 Å². The number of aryl methyl sites for hydroxylation is 2. The van der Waals surface area contributed by atoms with Crippen molar-refractivity contribution in [3.05, 3.63) is 46.8 Å². The molecule has 1 spiro atoms. The average molecular weight is 364 g/mol. The molecule has 0 unspecified atom stereocenters. The summed E-state index contributed by atoms with van der Waals surface area (Å²) in [6.07, 6.45) is 5.16. The number of piperidine rings is 1. The van der Waals surface area contributed by atoms with Crippen molar-refractivity contribution < 1.29 is 0 Å². The number of fused-ring (bicyclic) bond motifs is 3.